The summed E-state index contributed by atoms with van der Waals surface area (Å²) in [6.45, 7) is 22.6. The second-order valence-electron chi connectivity index (χ2n) is 12.5. The van der Waals surface area contributed by atoms with E-state index in [1.54, 1.807) is 24.3 Å². The lowest BCUT2D eigenvalue weighted by atomic mass is 10.1. The van der Waals surface area contributed by atoms with E-state index in [9.17, 15) is 10.2 Å². The van der Waals surface area contributed by atoms with Gasteiger partial charge in [-0.15, -0.1) is 0 Å². The molecule has 0 aliphatic heterocycles. The van der Waals surface area contributed by atoms with Crippen LogP contribution < -0.4 is 23.7 Å². The number of hydrogen-bond donors (Lipinski definition) is 2. The molecule has 7 heteroatoms. The lowest BCUT2D eigenvalue weighted by Crippen LogP contribution is -2.24. The molecular formula is C28H42O7. The molecule has 0 atom stereocenters. The van der Waals surface area contributed by atoms with E-state index in [0.29, 0.717) is 11.5 Å². The molecule has 2 N–H and O–H groups in total. The second-order valence-corrected chi connectivity index (χ2v) is 12.5. The highest BCUT2D eigenvalue weighted by molar-refractivity contribution is 5.59. The average Bonchev–Trinajstić information content (AvgIpc) is 2.58. The van der Waals surface area contributed by atoms with E-state index in [1.165, 1.54) is 0 Å². The van der Waals surface area contributed by atoms with Crippen molar-refractivity contribution in [2.75, 3.05) is 0 Å². The van der Waals surface area contributed by atoms with Gasteiger partial charge >= 0.3 is 0 Å². The lowest BCUT2D eigenvalue weighted by molar-refractivity contribution is 0.111. The Kier molecular flexibility index (Phi) is 7.75. The number of benzene rings is 2. The minimum Gasteiger partial charge on any atom is -0.502 e. The molecule has 0 aromatic heterocycles. The molecule has 0 radical (unpaired) electrons. The maximum absolute atomic E-state index is 10.8. The van der Waals surface area contributed by atoms with Crippen LogP contribution in [0.4, 0.5) is 0 Å². The van der Waals surface area contributed by atoms with E-state index in [-0.39, 0.29) is 34.5 Å². The van der Waals surface area contributed by atoms with E-state index >= 15 is 0 Å². The third-order valence-corrected chi connectivity index (χ3v) is 3.93. The van der Waals surface area contributed by atoms with Crippen LogP contribution in [0.5, 0.6) is 46.0 Å². The fourth-order valence-corrected chi connectivity index (χ4v) is 3.00. The molecule has 0 amide bonds. The zero-order chi connectivity index (χ0) is 27.0. The summed E-state index contributed by atoms with van der Waals surface area (Å²) in [6.07, 6.45) is 0. The molecule has 35 heavy (non-hydrogen) atoms. The van der Waals surface area contributed by atoms with E-state index in [2.05, 4.69) is 0 Å². The Morgan fingerprint density at radius 2 is 0.629 bits per heavy atom. The standard InChI is InChI=1S/C28H42O7/c1-25(2,3)32-19-13-17(14-20(23(19)29)33-26(4,5)6)31-18-15-21(34-27(7,8)9)24(30)22(16-18)35-28(10,11)12/h13-16,29-30H,1-12H3. The van der Waals surface area contributed by atoms with Gasteiger partial charge in [-0.05, 0) is 83.1 Å². The third-order valence-electron chi connectivity index (χ3n) is 3.93. The van der Waals surface area contributed by atoms with Crippen LogP contribution in [0.3, 0.4) is 0 Å². The molecule has 0 unspecified atom stereocenters. The van der Waals surface area contributed by atoms with Crippen LogP contribution in [0, 0.1) is 0 Å². The van der Waals surface area contributed by atoms with Crippen molar-refractivity contribution in [3.8, 4) is 46.0 Å². The van der Waals surface area contributed by atoms with Crippen molar-refractivity contribution < 1.29 is 33.9 Å². The SMILES string of the molecule is CC(C)(C)Oc1cc(Oc2cc(OC(C)(C)C)c(O)c(OC(C)(C)C)c2)cc(OC(C)(C)C)c1O. The van der Waals surface area contributed by atoms with Crippen LogP contribution in [0.25, 0.3) is 0 Å². The molecule has 7 nitrogen and oxygen atoms in total. The highest BCUT2D eigenvalue weighted by atomic mass is 16.5. The Morgan fingerprint density at radius 1 is 0.429 bits per heavy atom. The van der Waals surface area contributed by atoms with Gasteiger partial charge in [0.25, 0.3) is 0 Å². The molecule has 0 heterocycles. The van der Waals surface area contributed by atoms with Crippen LogP contribution in [0.15, 0.2) is 24.3 Å². The summed E-state index contributed by atoms with van der Waals surface area (Å²) in [5.41, 5.74) is -2.24. The zero-order valence-corrected chi connectivity index (χ0v) is 23.2. The van der Waals surface area contributed by atoms with E-state index < -0.39 is 22.4 Å². The van der Waals surface area contributed by atoms with Gasteiger partial charge < -0.3 is 33.9 Å². The van der Waals surface area contributed by atoms with Crippen LogP contribution in [0.1, 0.15) is 83.1 Å². The summed E-state index contributed by atoms with van der Waals surface area (Å²) in [4.78, 5) is 0. The Morgan fingerprint density at radius 3 is 0.800 bits per heavy atom. The molecule has 0 bridgehead atoms. The molecule has 0 spiro atoms. The minimum atomic E-state index is -0.560. The first kappa shape index (κ1) is 28.3. The largest absolute Gasteiger partial charge is 0.502 e. The number of ether oxygens (including phenoxy) is 5. The number of aromatic hydroxyl groups is 2. The topological polar surface area (TPSA) is 86.6 Å². The molecule has 2 aromatic rings. The van der Waals surface area contributed by atoms with E-state index in [1.807, 2.05) is 83.1 Å². The smallest absolute Gasteiger partial charge is 0.201 e. The minimum absolute atomic E-state index is 0.110. The molecule has 0 saturated carbocycles. The Bertz CT molecular complexity index is 872. The van der Waals surface area contributed by atoms with Crippen molar-refractivity contribution in [1.29, 1.82) is 0 Å². The molecule has 0 saturated heterocycles. The van der Waals surface area contributed by atoms with Gasteiger partial charge in [-0.2, -0.15) is 0 Å². The second kappa shape index (κ2) is 9.59. The van der Waals surface area contributed by atoms with Crippen LogP contribution in [0.2, 0.25) is 0 Å². The van der Waals surface area contributed by atoms with E-state index in [0.717, 1.165) is 0 Å². The van der Waals surface area contributed by atoms with E-state index in [4.69, 9.17) is 23.7 Å². The first-order chi connectivity index (χ1) is 15.6. The van der Waals surface area contributed by atoms with Crippen molar-refractivity contribution in [3.05, 3.63) is 24.3 Å². The molecule has 0 aliphatic carbocycles. The Hall–Kier alpha value is -2.96. The third kappa shape index (κ3) is 9.30. The van der Waals surface area contributed by atoms with Gasteiger partial charge in [-0.3, -0.25) is 0 Å². The molecular weight excluding hydrogens is 448 g/mol. The predicted octanol–water partition coefficient (Wildman–Crippen LogP) is 7.60. The normalized spacial score (nSPS) is 12.8. The Labute approximate surface area is 209 Å². The first-order valence-corrected chi connectivity index (χ1v) is 11.8. The monoisotopic (exact) mass is 490 g/mol. The fraction of sp³-hybridized carbons (Fsp3) is 0.571. The number of rotatable bonds is 6. The van der Waals surface area contributed by atoms with Gasteiger partial charge in [0, 0.05) is 24.3 Å². The van der Waals surface area contributed by atoms with Crippen LogP contribution in [-0.2, 0) is 0 Å². The summed E-state index contributed by atoms with van der Waals surface area (Å²) in [5, 5.41) is 21.6. The summed E-state index contributed by atoms with van der Waals surface area (Å²) in [6, 6.07) is 6.38. The molecule has 2 rings (SSSR count). The molecule has 0 aliphatic rings. The van der Waals surface area contributed by atoms with Crippen LogP contribution >= 0.6 is 0 Å². The van der Waals surface area contributed by atoms with Gasteiger partial charge in [0.15, 0.2) is 23.0 Å². The lowest BCUT2D eigenvalue weighted by Gasteiger charge is -2.27. The van der Waals surface area contributed by atoms with Crippen molar-refractivity contribution >= 4 is 0 Å². The van der Waals surface area contributed by atoms with Gasteiger partial charge in [-0.1, -0.05) is 0 Å². The molecule has 0 fully saturated rings. The maximum Gasteiger partial charge on any atom is 0.201 e. The van der Waals surface area contributed by atoms with Crippen molar-refractivity contribution in [2.24, 2.45) is 0 Å². The van der Waals surface area contributed by atoms with Crippen molar-refractivity contribution in [3.63, 3.8) is 0 Å². The predicted molar refractivity (Wildman–Crippen MR) is 138 cm³/mol. The summed E-state index contributed by atoms with van der Waals surface area (Å²) in [7, 11) is 0. The fourth-order valence-electron chi connectivity index (χ4n) is 3.00. The Balaban J connectivity index is 2.60. The maximum atomic E-state index is 10.8. The molecule has 2 aromatic carbocycles. The average molecular weight is 491 g/mol. The van der Waals surface area contributed by atoms with Gasteiger partial charge in [0.2, 0.25) is 11.5 Å². The molecule has 196 valence electrons. The number of hydrogen-bond acceptors (Lipinski definition) is 7. The van der Waals surface area contributed by atoms with Crippen LogP contribution in [-0.4, -0.2) is 32.6 Å². The van der Waals surface area contributed by atoms with Gasteiger partial charge in [0.05, 0.1) is 0 Å². The van der Waals surface area contributed by atoms with Gasteiger partial charge in [0.1, 0.15) is 33.9 Å². The first-order valence-electron chi connectivity index (χ1n) is 11.8. The quantitative estimate of drug-likeness (QED) is 0.431. The number of phenols is 2. The van der Waals surface area contributed by atoms with Crippen molar-refractivity contribution in [1.82, 2.24) is 0 Å². The zero-order valence-electron chi connectivity index (χ0n) is 23.2. The number of phenolic OH excluding ortho intramolecular Hbond substituents is 2. The highest BCUT2D eigenvalue weighted by Crippen LogP contribution is 2.47. The summed E-state index contributed by atoms with van der Waals surface area (Å²) < 4.78 is 30.0. The van der Waals surface area contributed by atoms with Gasteiger partial charge in [-0.25, -0.2) is 0 Å². The summed E-state index contributed by atoms with van der Waals surface area (Å²) >= 11 is 0. The van der Waals surface area contributed by atoms with Crippen molar-refractivity contribution in [2.45, 2.75) is 105 Å². The highest BCUT2D eigenvalue weighted by Gasteiger charge is 2.25. The summed E-state index contributed by atoms with van der Waals surface area (Å²) in [5.74, 6) is 1.43.